The molecular weight excluding hydrogens is 288 g/mol. The maximum atomic E-state index is 12.7. The summed E-state index contributed by atoms with van der Waals surface area (Å²) in [5, 5.41) is 0. The van der Waals surface area contributed by atoms with Gasteiger partial charge in [-0.05, 0) is 56.6 Å². The van der Waals surface area contributed by atoms with E-state index in [1.807, 2.05) is 0 Å². The summed E-state index contributed by atoms with van der Waals surface area (Å²) in [7, 11) is -3.39. The van der Waals surface area contributed by atoms with Crippen LogP contribution in [0.15, 0.2) is 29.2 Å². The van der Waals surface area contributed by atoms with Crippen molar-refractivity contribution in [2.45, 2.75) is 30.2 Å². The first-order valence-electron chi connectivity index (χ1n) is 7.42. The zero-order chi connectivity index (χ0) is 14.9. The number of sulfonamides is 1. The zero-order valence-electron chi connectivity index (χ0n) is 12.0. The van der Waals surface area contributed by atoms with Gasteiger partial charge in [-0.15, -0.1) is 0 Å². The van der Waals surface area contributed by atoms with Gasteiger partial charge in [0.25, 0.3) is 0 Å². The Morgan fingerprint density at radius 3 is 2.38 bits per heavy atom. The lowest BCUT2D eigenvalue weighted by Crippen LogP contribution is -2.37. The van der Waals surface area contributed by atoms with Crippen LogP contribution in [0, 0.1) is 0 Å². The van der Waals surface area contributed by atoms with Crippen molar-refractivity contribution in [1.29, 1.82) is 0 Å². The summed E-state index contributed by atoms with van der Waals surface area (Å²) in [6, 6.07) is 6.95. The molecule has 3 rings (SSSR count). The lowest BCUT2D eigenvalue weighted by molar-refractivity contribution is 0.251. The van der Waals surface area contributed by atoms with E-state index >= 15 is 0 Å². The standard InChI is InChI=1S/C14H22N4O2S/c15-16-12-3-5-14(6-4-12)21(19,20)18-10-7-13(11-18)17-8-1-2-9-17/h3-6,13,16H,1-2,7-11,15H2. The number of likely N-dealkylation sites (tertiary alicyclic amines) is 1. The van der Waals surface area contributed by atoms with Gasteiger partial charge in [-0.3, -0.25) is 10.7 Å². The second kappa shape index (κ2) is 5.92. The first-order chi connectivity index (χ1) is 10.1. The lowest BCUT2D eigenvalue weighted by Gasteiger charge is -2.23. The van der Waals surface area contributed by atoms with Crippen LogP contribution in [-0.4, -0.2) is 49.8 Å². The Morgan fingerprint density at radius 1 is 1.10 bits per heavy atom. The normalized spacial score (nSPS) is 24.5. The van der Waals surface area contributed by atoms with Crippen LogP contribution in [-0.2, 0) is 10.0 Å². The summed E-state index contributed by atoms with van der Waals surface area (Å²) in [4.78, 5) is 2.76. The van der Waals surface area contributed by atoms with Crippen molar-refractivity contribution in [3.05, 3.63) is 24.3 Å². The van der Waals surface area contributed by atoms with Gasteiger partial charge in [0, 0.05) is 24.8 Å². The van der Waals surface area contributed by atoms with Crippen molar-refractivity contribution in [2.75, 3.05) is 31.6 Å². The second-order valence-electron chi connectivity index (χ2n) is 5.72. The van der Waals surface area contributed by atoms with Crippen LogP contribution in [0.2, 0.25) is 0 Å². The van der Waals surface area contributed by atoms with Gasteiger partial charge >= 0.3 is 0 Å². The van der Waals surface area contributed by atoms with Gasteiger partial charge < -0.3 is 5.43 Å². The summed E-state index contributed by atoms with van der Waals surface area (Å²) in [6.07, 6.45) is 3.40. The van der Waals surface area contributed by atoms with Crippen molar-refractivity contribution < 1.29 is 8.42 Å². The summed E-state index contributed by atoms with van der Waals surface area (Å²) in [6.45, 7) is 3.43. The van der Waals surface area contributed by atoms with Crippen LogP contribution in [0.4, 0.5) is 5.69 Å². The molecule has 2 aliphatic heterocycles. The number of nitrogen functional groups attached to an aromatic ring is 1. The highest BCUT2D eigenvalue weighted by molar-refractivity contribution is 7.89. The van der Waals surface area contributed by atoms with E-state index in [0.717, 1.165) is 19.5 Å². The van der Waals surface area contributed by atoms with Gasteiger partial charge in [-0.2, -0.15) is 4.31 Å². The quantitative estimate of drug-likeness (QED) is 0.636. The largest absolute Gasteiger partial charge is 0.324 e. The molecular formula is C14H22N4O2S. The molecule has 0 aromatic heterocycles. The maximum absolute atomic E-state index is 12.7. The van der Waals surface area contributed by atoms with E-state index in [1.54, 1.807) is 28.6 Å². The Morgan fingerprint density at radius 2 is 1.76 bits per heavy atom. The number of nitrogens with zero attached hydrogens (tertiary/aromatic N) is 2. The number of hydrazine groups is 1. The zero-order valence-corrected chi connectivity index (χ0v) is 12.8. The number of hydrogen-bond donors (Lipinski definition) is 2. The fraction of sp³-hybridized carbons (Fsp3) is 0.571. The van der Waals surface area contributed by atoms with E-state index in [-0.39, 0.29) is 0 Å². The molecule has 21 heavy (non-hydrogen) atoms. The first-order valence-corrected chi connectivity index (χ1v) is 8.86. The average Bonchev–Trinajstić information content (AvgIpc) is 3.18. The molecule has 6 nitrogen and oxygen atoms in total. The minimum atomic E-state index is -3.39. The molecule has 0 saturated carbocycles. The number of rotatable bonds is 4. The Kier molecular flexibility index (Phi) is 4.17. The van der Waals surface area contributed by atoms with Gasteiger partial charge in [0.2, 0.25) is 10.0 Å². The fourth-order valence-electron chi connectivity index (χ4n) is 3.21. The molecule has 2 aliphatic rings. The molecule has 1 atom stereocenters. The Balaban J connectivity index is 1.72. The molecule has 1 unspecified atom stereocenters. The highest BCUT2D eigenvalue weighted by Crippen LogP contribution is 2.26. The Hall–Kier alpha value is -1.15. The number of anilines is 1. The van der Waals surface area contributed by atoms with Gasteiger partial charge in [0.15, 0.2) is 0 Å². The molecule has 0 radical (unpaired) electrons. The van der Waals surface area contributed by atoms with Crippen LogP contribution >= 0.6 is 0 Å². The van der Waals surface area contributed by atoms with E-state index in [0.29, 0.717) is 29.7 Å². The van der Waals surface area contributed by atoms with Crippen molar-refractivity contribution in [1.82, 2.24) is 9.21 Å². The monoisotopic (exact) mass is 310 g/mol. The Labute approximate surface area is 125 Å². The molecule has 2 fully saturated rings. The number of nitrogens with two attached hydrogens (primary N) is 1. The van der Waals surface area contributed by atoms with E-state index < -0.39 is 10.0 Å². The number of hydrogen-bond acceptors (Lipinski definition) is 5. The highest BCUT2D eigenvalue weighted by atomic mass is 32.2. The molecule has 0 aliphatic carbocycles. The molecule has 0 amide bonds. The van der Waals surface area contributed by atoms with E-state index in [9.17, 15) is 8.42 Å². The maximum Gasteiger partial charge on any atom is 0.243 e. The molecule has 1 aromatic rings. The van der Waals surface area contributed by atoms with Crippen LogP contribution in [0.5, 0.6) is 0 Å². The summed E-state index contributed by atoms with van der Waals surface area (Å²) in [5.41, 5.74) is 3.20. The van der Waals surface area contributed by atoms with E-state index in [1.165, 1.54) is 12.8 Å². The molecule has 2 heterocycles. The number of nitrogens with one attached hydrogen (secondary N) is 1. The SMILES string of the molecule is NNc1ccc(S(=O)(=O)N2CCC(N3CCCC3)C2)cc1. The first kappa shape index (κ1) is 14.8. The van der Waals surface area contributed by atoms with Crippen LogP contribution in [0.1, 0.15) is 19.3 Å². The van der Waals surface area contributed by atoms with Gasteiger partial charge in [0.1, 0.15) is 0 Å². The Bertz CT molecular complexity index is 581. The molecule has 2 saturated heterocycles. The van der Waals surface area contributed by atoms with E-state index in [2.05, 4.69) is 10.3 Å². The van der Waals surface area contributed by atoms with Crippen molar-refractivity contribution in [3.8, 4) is 0 Å². The van der Waals surface area contributed by atoms with Crippen LogP contribution in [0.3, 0.4) is 0 Å². The smallest absolute Gasteiger partial charge is 0.243 e. The summed E-state index contributed by atoms with van der Waals surface area (Å²) in [5.74, 6) is 5.30. The van der Waals surface area contributed by atoms with Gasteiger partial charge in [-0.1, -0.05) is 0 Å². The minimum Gasteiger partial charge on any atom is -0.324 e. The van der Waals surface area contributed by atoms with Crippen molar-refractivity contribution in [3.63, 3.8) is 0 Å². The molecule has 7 heteroatoms. The summed E-state index contributed by atoms with van der Waals surface area (Å²) >= 11 is 0. The molecule has 1 aromatic carbocycles. The van der Waals surface area contributed by atoms with Crippen molar-refractivity contribution >= 4 is 15.7 Å². The third-order valence-corrected chi connectivity index (χ3v) is 6.32. The van der Waals surface area contributed by atoms with Crippen LogP contribution < -0.4 is 11.3 Å². The molecule has 3 N–H and O–H groups in total. The third-order valence-electron chi connectivity index (χ3n) is 4.44. The minimum absolute atomic E-state index is 0.337. The van der Waals surface area contributed by atoms with Gasteiger partial charge in [0.05, 0.1) is 4.90 Å². The summed E-state index contributed by atoms with van der Waals surface area (Å²) < 4.78 is 26.9. The highest BCUT2D eigenvalue weighted by Gasteiger charge is 2.35. The van der Waals surface area contributed by atoms with Gasteiger partial charge in [-0.25, -0.2) is 8.42 Å². The molecule has 0 spiro atoms. The van der Waals surface area contributed by atoms with E-state index in [4.69, 9.17) is 5.84 Å². The topological polar surface area (TPSA) is 78.7 Å². The average molecular weight is 310 g/mol. The molecule has 0 bridgehead atoms. The third kappa shape index (κ3) is 2.91. The predicted molar refractivity (Wildman–Crippen MR) is 82.2 cm³/mol. The predicted octanol–water partition coefficient (Wildman–Crippen LogP) is 0.831. The van der Waals surface area contributed by atoms with Crippen molar-refractivity contribution in [2.24, 2.45) is 5.84 Å². The second-order valence-corrected chi connectivity index (χ2v) is 7.66. The number of benzene rings is 1. The molecule has 116 valence electrons. The lowest BCUT2D eigenvalue weighted by atomic mass is 10.2. The van der Waals surface area contributed by atoms with Crippen LogP contribution in [0.25, 0.3) is 0 Å². The fourth-order valence-corrected chi connectivity index (χ4v) is 4.70.